The Morgan fingerprint density at radius 2 is 1.96 bits per heavy atom. The van der Waals surface area contributed by atoms with E-state index >= 15 is 0 Å². The van der Waals surface area contributed by atoms with Gasteiger partial charge in [-0.3, -0.25) is 4.72 Å². The average Bonchev–Trinajstić information content (AvgIpc) is 3.04. The van der Waals surface area contributed by atoms with Crippen LogP contribution in [-0.4, -0.2) is 23.2 Å². The van der Waals surface area contributed by atoms with Crippen molar-refractivity contribution in [3.05, 3.63) is 40.8 Å². The molecule has 3 aromatic rings. The molecular weight excluding hydrogens is 392 g/mol. The first kappa shape index (κ1) is 16.9. The van der Waals surface area contributed by atoms with Crippen molar-refractivity contribution < 1.29 is 21.6 Å². The first-order valence-corrected chi connectivity index (χ1v) is 8.44. The summed E-state index contributed by atoms with van der Waals surface area (Å²) in [5.41, 5.74) is -0.109. The second-order valence-electron chi connectivity index (χ2n) is 4.65. The summed E-state index contributed by atoms with van der Waals surface area (Å²) in [5.74, 6) is 0. The quantitative estimate of drug-likeness (QED) is 0.700. The molecule has 3 rings (SSSR count). The van der Waals surface area contributed by atoms with Crippen LogP contribution in [0, 0.1) is 0 Å². The fourth-order valence-electron chi connectivity index (χ4n) is 2.09. The van der Waals surface area contributed by atoms with Gasteiger partial charge in [0, 0.05) is 11.6 Å². The minimum Gasteiger partial charge on any atom is -0.359 e. The predicted molar refractivity (Wildman–Crippen MR) is 82.7 cm³/mol. The molecule has 12 heteroatoms. The number of aromatic nitrogens is 3. The number of aromatic amines is 1. The Morgan fingerprint density at radius 3 is 2.58 bits per heavy atom. The summed E-state index contributed by atoms with van der Waals surface area (Å²) in [6, 6.07) is 4.62. The van der Waals surface area contributed by atoms with Crippen molar-refractivity contribution in [3.63, 3.8) is 0 Å². The van der Waals surface area contributed by atoms with Crippen molar-refractivity contribution in [1.82, 2.24) is 14.8 Å². The molecule has 0 saturated carbocycles. The smallest absolute Gasteiger partial charge is 0.359 e. The minimum atomic E-state index is -4.87. The van der Waals surface area contributed by atoms with E-state index in [1.165, 1.54) is 12.3 Å². The van der Waals surface area contributed by atoms with Gasteiger partial charge >= 0.3 is 6.30 Å². The lowest BCUT2D eigenvalue weighted by molar-refractivity contribution is -0.212. The number of nitrogens with zero attached hydrogens (tertiary/aromatic N) is 2. The minimum absolute atomic E-state index is 0.184. The number of rotatable bonds is 3. The summed E-state index contributed by atoms with van der Waals surface area (Å²) in [4.78, 5) is 2.52. The van der Waals surface area contributed by atoms with Gasteiger partial charge in [-0.2, -0.15) is 9.78 Å². The van der Waals surface area contributed by atoms with Crippen molar-refractivity contribution in [2.24, 2.45) is 0 Å². The molecule has 1 aromatic carbocycles. The van der Waals surface area contributed by atoms with E-state index < -0.39 is 31.8 Å². The zero-order valence-electron chi connectivity index (χ0n) is 11.4. The normalized spacial score (nSPS) is 12.7. The van der Waals surface area contributed by atoms with Crippen molar-refractivity contribution in [1.29, 1.82) is 0 Å². The molecule has 2 aromatic heterocycles. The zero-order chi connectivity index (χ0) is 17.7. The molecule has 0 atom stereocenters. The predicted octanol–water partition coefficient (Wildman–Crippen LogP) is 3.95. The molecule has 0 spiro atoms. The van der Waals surface area contributed by atoms with Crippen LogP contribution < -0.4 is 4.72 Å². The van der Waals surface area contributed by atoms with Crippen LogP contribution in [0.5, 0.6) is 0 Å². The molecule has 2 N–H and O–H groups in total. The lowest BCUT2D eigenvalue weighted by Gasteiger charge is -2.08. The van der Waals surface area contributed by atoms with Gasteiger partial charge in [0.25, 0.3) is 10.0 Å². The third-order valence-corrected chi connectivity index (χ3v) is 5.20. The highest BCUT2D eigenvalue weighted by molar-refractivity contribution is 7.93. The molecule has 0 aliphatic heterocycles. The SMILES string of the molecule is O=S(=O)(Nc1cnn(C(F)(F)F)c1Cl)c1c[nH]c2c(Cl)cccc12. The highest BCUT2D eigenvalue weighted by atomic mass is 35.5. The van der Waals surface area contributed by atoms with Crippen LogP contribution in [0.15, 0.2) is 35.5 Å². The number of fused-ring (bicyclic) bond motifs is 1. The summed E-state index contributed by atoms with van der Waals surface area (Å²) in [5, 5.41) is 2.72. The highest BCUT2D eigenvalue weighted by Gasteiger charge is 2.35. The van der Waals surface area contributed by atoms with Crippen LogP contribution in [0.3, 0.4) is 0 Å². The van der Waals surface area contributed by atoms with Crippen molar-refractivity contribution >= 4 is 49.8 Å². The van der Waals surface area contributed by atoms with Crippen LogP contribution in [0.4, 0.5) is 18.9 Å². The van der Waals surface area contributed by atoms with Gasteiger partial charge in [0.1, 0.15) is 10.6 Å². The number of para-hydroxylation sites is 1. The second kappa shape index (κ2) is 5.57. The zero-order valence-corrected chi connectivity index (χ0v) is 13.7. The lowest BCUT2D eigenvalue weighted by Crippen LogP contribution is -2.18. The fourth-order valence-corrected chi connectivity index (χ4v) is 3.84. The summed E-state index contributed by atoms with van der Waals surface area (Å²) in [7, 11) is -4.21. The van der Waals surface area contributed by atoms with Crippen LogP contribution in [-0.2, 0) is 16.3 Å². The largest absolute Gasteiger partial charge is 0.505 e. The van der Waals surface area contributed by atoms with E-state index in [0.29, 0.717) is 16.7 Å². The van der Waals surface area contributed by atoms with Crippen LogP contribution in [0.2, 0.25) is 10.2 Å². The second-order valence-corrected chi connectivity index (χ2v) is 7.07. The summed E-state index contributed by atoms with van der Waals surface area (Å²) < 4.78 is 64.4. The molecule has 2 heterocycles. The highest BCUT2D eigenvalue weighted by Crippen LogP contribution is 2.33. The number of sulfonamides is 1. The number of hydrogen-bond donors (Lipinski definition) is 2. The molecule has 0 saturated heterocycles. The molecule has 0 aliphatic carbocycles. The van der Waals surface area contributed by atoms with E-state index in [9.17, 15) is 21.6 Å². The Kier molecular flexibility index (Phi) is 3.93. The molecule has 0 fully saturated rings. The van der Waals surface area contributed by atoms with E-state index in [0.717, 1.165) is 0 Å². The van der Waals surface area contributed by atoms with E-state index in [1.807, 2.05) is 4.72 Å². The Balaban J connectivity index is 2.03. The van der Waals surface area contributed by atoms with Gasteiger partial charge in [-0.05, 0) is 6.07 Å². The van der Waals surface area contributed by atoms with Gasteiger partial charge in [0.2, 0.25) is 0 Å². The van der Waals surface area contributed by atoms with Crippen molar-refractivity contribution in [3.8, 4) is 0 Å². The van der Waals surface area contributed by atoms with Gasteiger partial charge in [0.15, 0.2) is 5.15 Å². The number of nitrogens with one attached hydrogen (secondary N) is 2. The monoisotopic (exact) mass is 398 g/mol. The molecule has 0 aliphatic rings. The van der Waals surface area contributed by atoms with E-state index in [4.69, 9.17) is 23.2 Å². The number of halogens is 5. The summed E-state index contributed by atoms with van der Waals surface area (Å²) >= 11 is 11.5. The number of H-pyrrole nitrogens is 1. The number of anilines is 1. The van der Waals surface area contributed by atoms with E-state index in [2.05, 4.69) is 10.1 Å². The van der Waals surface area contributed by atoms with Gasteiger partial charge in [-0.1, -0.05) is 35.3 Å². The van der Waals surface area contributed by atoms with E-state index in [-0.39, 0.29) is 10.3 Å². The third kappa shape index (κ3) is 2.80. The average molecular weight is 399 g/mol. The van der Waals surface area contributed by atoms with Gasteiger partial charge in [0.05, 0.1) is 16.7 Å². The maximum atomic E-state index is 12.6. The lowest BCUT2D eigenvalue weighted by atomic mass is 10.2. The Hall–Kier alpha value is -1.91. The Morgan fingerprint density at radius 1 is 1.25 bits per heavy atom. The topological polar surface area (TPSA) is 79.8 Å². The summed E-state index contributed by atoms with van der Waals surface area (Å²) in [6.45, 7) is 0. The van der Waals surface area contributed by atoms with Crippen molar-refractivity contribution in [2.45, 2.75) is 11.2 Å². The number of hydrogen-bond acceptors (Lipinski definition) is 3. The van der Waals surface area contributed by atoms with Gasteiger partial charge in [-0.25, -0.2) is 8.42 Å². The van der Waals surface area contributed by atoms with Gasteiger partial charge < -0.3 is 4.98 Å². The van der Waals surface area contributed by atoms with Crippen LogP contribution in [0.1, 0.15) is 0 Å². The van der Waals surface area contributed by atoms with E-state index in [1.54, 1.807) is 12.1 Å². The molecule has 24 heavy (non-hydrogen) atoms. The number of alkyl halides is 3. The molecular formula is C12H7Cl2F3N4O2S. The molecule has 6 nitrogen and oxygen atoms in total. The molecule has 0 bridgehead atoms. The van der Waals surface area contributed by atoms with Crippen LogP contribution in [0.25, 0.3) is 10.9 Å². The third-order valence-electron chi connectivity index (χ3n) is 3.11. The Bertz CT molecular complexity index is 1030. The molecule has 128 valence electrons. The summed E-state index contributed by atoms with van der Waals surface area (Å²) in [6.07, 6.45) is -3.01. The molecule has 0 amide bonds. The van der Waals surface area contributed by atoms with Gasteiger partial charge in [-0.15, -0.1) is 13.2 Å². The number of benzene rings is 1. The fraction of sp³-hybridized carbons (Fsp3) is 0.0833. The first-order chi connectivity index (χ1) is 11.1. The Labute approximate surface area is 143 Å². The maximum absolute atomic E-state index is 12.6. The first-order valence-electron chi connectivity index (χ1n) is 6.20. The molecule has 0 unspecified atom stereocenters. The maximum Gasteiger partial charge on any atom is 0.505 e. The standard InChI is InChI=1S/C12H7Cl2F3N4O2S/c13-7-3-1-2-6-9(5-18-10(6)7)24(22,23)20-8-4-19-21(11(8)14)12(15,16)17/h1-5,18,20H. The van der Waals surface area contributed by atoms with Crippen molar-refractivity contribution in [2.75, 3.05) is 4.72 Å². The molecule has 0 radical (unpaired) electrons. The van der Waals surface area contributed by atoms with Crippen LogP contribution >= 0.6 is 23.2 Å².